The van der Waals surface area contributed by atoms with Gasteiger partial charge in [0.1, 0.15) is 0 Å². The quantitative estimate of drug-likeness (QED) is 0.503. The molecule has 1 aliphatic heterocycles. The number of fused-ring (bicyclic) bond motifs is 1. The number of carboxylic acid groups (broad SMARTS) is 1. The highest BCUT2D eigenvalue weighted by atomic mass is 16.4. The van der Waals surface area contributed by atoms with E-state index >= 15 is 0 Å². The van der Waals surface area contributed by atoms with Crippen LogP contribution in [0.5, 0.6) is 0 Å². The molecule has 176 valence electrons. The average Bonchev–Trinajstić information content (AvgIpc) is 3.49. The summed E-state index contributed by atoms with van der Waals surface area (Å²) in [5, 5.41) is 23.2. The summed E-state index contributed by atoms with van der Waals surface area (Å²) in [4.78, 5) is 13.1. The smallest absolute Gasteiger partial charge is 0.303 e. The van der Waals surface area contributed by atoms with Crippen molar-refractivity contribution in [3.05, 3.63) is 53.6 Å². The third kappa shape index (κ3) is 5.10. The first-order chi connectivity index (χ1) is 16.1. The van der Waals surface area contributed by atoms with Crippen LogP contribution in [0.4, 0.5) is 5.69 Å². The zero-order chi connectivity index (χ0) is 22.8. The van der Waals surface area contributed by atoms with E-state index in [1.807, 2.05) is 0 Å². The van der Waals surface area contributed by atoms with Crippen molar-refractivity contribution < 1.29 is 15.0 Å². The normalized spacial score (nSPS) is 24.1. The van der Waals surface area contributed by atoms with Crippen LogP contribution < -0.4 is 10.2 Å². The second kappa shape index (κ2) is 9.86. The van der Waals surface area contributed by atoms with Crippen LogP contribution in [0.15, 0.2) is 42.5 Å². The van der Waals surface area contributed by atoms with Crippen LogP contribution in [0.2, 0.25) is 0 Å². The molecule has 1 atom stereocenters. The molecule has 0 amide bonds. The van der Waals surface area contributed by atoms with Crippen molar-refractivity contribution in [3.8, 4) is 11.1 Å². The summed E-state index contributed by atoms with van der Waals surface area (Å²) < 4.78 is 0. The highest BCUT2D eigenvalue weighted by Crippen LogP contribution is 2.38. The number of aliphatic carboxylic acids is 1. The van der Waals surface area contributed by atoms with E-state index in [4.69, 9.17) is 5.11 Å². The van der Waals surface area contributed by atoms with Gasteiger partial charge in [-0.2, -0.15) is 0 Å². The first-order valence-electron chi connectivity index (χ1n) is 12.7. The minimum atomic E-state index is -0.667. The Bertz CT molecular complexity index is 960. The second-order valence-corrected chi connectivity index (χ2v) is 10.2. The van der Waals surface area contributed by atoms with Gasteiger partial charge in [0, 0.05) is 24.7 Å². The molecule has 2 aromatic rings. The Labute approximate surface area is 196 Å². The van der Waals surface area contributed by atoms with Gasteiger partial charge in [-0.05, 0) is 91.2 Å². The van der Waals surface area contributed by atoms with Crippen molar-refractivity contribution in [1.29, 1.82) is 0 Å². The number of aliphatic hydroxyl groups is 1. The summed E-state index contributed by atoms with van der Waals surface area (Å²) in [5.74, 6) is 0.224. The number of benzene rings is 2. The number of nitrogens with one attached hydrogen (secondary N) is 1. The number of hydrogen-bond donors (Lipinski definition) is 3. The van der Waals surface area contributed by atoms with Gasteiger partial charge in [0.05, 0.1) is 0 Å². The first-order valence-corrected chi connectivity index (χ1v) is 12.7. The lowest BCUT2D eigenvalue weighted by molar-refractivity contribution is -0.138. The van der Waals surface area contributed by atoms with Gasteiger partial charge in [0.2, 0.25) is 0 Å². The van der Waals surface area contributed by atoms with Crippen molar-refractivity contribution in [2.75, 3.05) is 11.4 Å². The molecule has 3 aliphatic rings. The lowest BCUT2D eigenvalue weighted by Crippen LogP contribution is -2.48. The van der Waals surface area contributed by atoms with Crippen LogP contribution in [0.1, 0.15) is 74.8 Å². The lowest BCUT2D eigenvalue weighted by atomic mass is 9.77. The highest BCUT2D eigenvalue weighted by Gasteiger charge is 2.28. The van der Waals surface area contributed by atoms with E-state index in [-0.39, 0.29) is 0 Å². The van der Waals surface area contributed by atoms with E-state index in [0.717, 1.165) is 57.2 Å². The molecule has 1 heterocycles. The molecule has 0 bridgehead atoms. The van der Waals surface area contributed by atoms with Crippen molar-refractivity contribution in [2.45, 2.75) is 82.5 Å². The van der Waals surface area contributed by atoms with Crippen molar-refractivity contribution in [1.82, 2.24) is 5.32 Å². The third-order valence-electron chi connectivity index (χ3n) is 8.07. The Morgan fingerprint density at radius 2 is 1.67 bits per heavy atom. The molecule has 0 radical (unpaired) electrons. The number of carboxylic acids is 1. The van der Waals surface area contributed by atoms with Crippen LogP contribution in [-0.4, -0.2) is 35.1 Å². The molecule has 2 fully saturated rings. The van der Waals surface area contributed by atoms with Crippen molar-refractivity contribution in [3.63, 3.8) is 0 Å². The summed E-state index contributed by atoms with van der Waals surface area (Å²) in [6.45, 7) is 0.850. The standard InChI is InChI=1S/C28H36N2O3/c31-27(32)17-19-5-7-20(8-6-19)21-9-11-22(12-10-21)23-13-14-26-24(18-23)15-16-30(26)28(33)29-25-3-1-2-4-25/h9-14,18-20,25,28-29,33H,1-8,15-17H2,(H,31,32). The molecule has 0 spiro atoms. The fourth-order valence-corrected chi connectivity index (χ4v) is 6.15. The maximum Gasteiger partial charge on any atom is 0.303 e. The minimum Gasteiger partial charge on any atom is -0.481 e. The van der Waals surface area contributed by atoms with Crippen LogP contribution in [-0.2, 0) is 11.2 Å². The SMILES string of the molecule is O=C(O)CC1CCC(c2ccc(-c3ccc4c(c3)CCN4C(O)NC3CCCC3)cc2)CC1. The number of carbonyl (C=O) groups is 1. The summed E-state index contributed by atoms with van der Waals surface area (Å²) in [7, 11) is 0. The minimum absolute atomic E-state index is 0.315. The van der Waals surface area contributed by atoms with Gasteiger partial charge in [0.15, 0.2) is 6.35 Å². The molecule has 2 saturated carbocycles. The Morgan fingerprint density at radius 3 is 2.36 bits per heavy atom. The Hall–Kier alpha value is -2.37. The third-order valence-corrected chi connectivity index (χ3v) is 8.07. The topological polar surface area (TPSA) is 72.8 Å². The predicted octanol–water partition coefficient (Wildman–Crippen LogP) is 5.27. The molecule has 5 nitrogen and oxygen atoms in total. The van der Waals surface area contributed by atoms with Crippen LogP contribution in [0, 0.1) is 5.92 Å². The molecule has 2 aromatic carbocycles. The first kappa shape index (κ1) is 22.4. The Kier molecular flexibility index (Phi) is 6.70. The van der Waals surface area contributed by atoms with Gasteiger partial charge in [-0.1, -0.05) is 43.2 Å². The van der Waals surface area contributed by atoms with Crippen LogP contribution in [0.3, 0.4) is 0 Å². The Morgan fingerprint density at radius 1 is 0.970 bits per heavy atom. The number of rotatable bonds is 7. The lowest BCUT2D eigenvalue weighted by Gasteiger charge is -2.29. The second-order valence-electron chi connectivity index (χ2n) is 10.2. The zero-order valence-electron chi connectivity index (χ0n) is 19.4. The Balaban J connectivity index is 1.22. The van der Waals surface area contributed by atoms with Crippen LogP contribution in [0.25, 0.3) is 11.1 Å². The molecule has 0 aromatic heterocycles. The molecule has 33 heavy (non-hydrogen) atoms. The molecular weight excluding hydrogens is 412 g/mol. The summed E-state index contributed by atoms with van der Waals surface area (Å²) >= 11 is 0. The van der Waals surface area contributed by atoms with Crippen molar-refractivity contribution >= 4 is 11.7 Å². The zero-order valence-corrected chi connectivity index (χ0v) is 19.4. The summed E-state index contributed by atoms with van der Waals surface area (Å²) in [6.07, 6.45) is 9.72. The number of anilines is 1. The van der Waals surface area contributed by atoms with Gasteiger partial charge >= 0.3 is 5.97 Å². The molecule has 2 aliphatic carbocycles. The van der Waals surface area contributed by atoms with Gasteiger partial charge in [-0.15, -0.1) is 0 Å². The van der Waals surface area contributed by atoms with Gasteiger partial charge in [-0.3, -0.25) is 10.1 Å². The predicted molar refractivity (Wildman–Crippen MR) is 131 cm³/mol. The molecule has 3 N–H and O–H groups in total. The maximum absolute atomic E-state index is 11.0. The molecule has 1 unspecified atom stereocenters. The fraction of sp³-hybridized carbons (Fsp3) is 0.536. The molecule has 5 rings (SSSR count). The van der Waals surface area contributed by atoms with Gasteiger partial charge in [-0.25, -0.2) is 0 Å². The fourth-order valence-electron chi connectivity index (χ4n) is 6.15. The van der Waals surface area contributed by atoms with Crippen molar-refractivity contribution in [2.24, 2.45) is 5.92 Å². The van der Waals surface area contributed by atoms with Gasteiger partial charge < -0.3 is 15.1 Å². The van der Waals surface area contributed by atoms with E-state index in [9.17, 15) is 9.90 Å². The monoisotopic (exact) mass is 448 g/mol. The van der Waals surface area contributed by atoms with Crippen LogP contribution >= 0.6 is 0 Å². The largest absolute Gasteiger partial charge is 0.481 e. The van der Waals surface area contributed by atoms with E-state index in [0.29, 0.717) is 24.3 Å². The van der Waals surface area contributed by atoms with E-state index in [2.05, 4.69) is 52.7 Å². The number of nitrogens with zero attached hydrogens (tertiary/aromatic N) is 1. The maximum atomic E-state index is 11.0. The average molecular weight is 449 g/mol. The number of hydrogen-bond acceptors (Lipinski definition) is 4. The molecule has 5 heteroatoms. The molecular formula is C28H36N2O3. The summed E-state index contributed by atoms with van der Waals surface area (Å²) in [5.41, 5.74) is 6.28. The van der Waals surface area contributed by atoms with E-state index in [1.165, 1.54) is 35.1 Å². The van der Waals surface area contributed by atoms with E-state index < -0.39 is 12.3 Å². The van der Waals surface area contributed by atoms with Gasteiger partial charge in [0.25, 0.3) is 0 Å². The highest BCUT2D eigenvalue weighted by molar-refractivity contribution is 5.71. The number of aliphatic hydroxyl groups excluding tert-OH is 1. The molecule has 0 saturated heterocycles. The van der Waals surface area contributed by atoms with E-state index in [1.54, 1.807) is 0 Å². The summed E-state index contributed by atoms with van der Waals surface area (Å²) in [6, 6.07) is 16.0.